The van der Waals surface area contributed by atoms with E-state index in [1.807, 2.05) is 37.9 Å². The van der Waals surface area contributed by atoms with Crippen LogP contribution in [0.15, 0.2) is 18.2 Å². The van der Waals surface area contributed by atoms with Crippen molar-refractivity contribution < 1.29 is 14.3 Å². The molecule has 1 aromatic carbocycles. The lowest BCUT2D eigenvalue weighted by atomic mass is 10.1. The molecule has 1 amide bonds. The molecule has 0 aromatic heterocycles. The molecule has 1 aliphatic heterocycles. The van der Waals surface area contributed by atoms with Crippen molar-refractivity contribution in [1.29, 1.82) is 0 Å². The second-order valence-corrected chi connectivity index (χ2v) is 5.78. The van der Waals surface area contributed by atoms with E-state index >= 15 is 0 Å². The molecule has 0 saturated carbocycles. The number of carbonyl (C=O) groups excluding carboxylic acids is 1. The number of ether oxygens (including phenoxy) is 2. The zero-order chi connectivity index (χ0) is 16.7. The zero-order valence-electron chi connectivity index (χ0n) is 14.8. The molecule has 1 heterocycles. The van der Waals surface area contributed by atoms with Crippen LogP contribution in [0.2, 0.25) is 0 Å². The third-order valence-electron chi connectivity index (χ3n) is 4.20. The Bertz CT molecular complexity index is 517. The molecular weight excluding hydrogens is 328 g/mol. The Morgan fingerprint density at radius 3 is 2.58 bits per heavy atom. The van der Waals surface area contributed by atoms with Gasteiger partial charge in [0.15, 0.2) is 11.5 Å². The predicted octanol–water partition coefficient (Wildman–Crippen LogP) is 3.12. The lowest BCUT2D eigenvalue weighted by Gasteiger charge is -2.27. The summed E-state index contributed by atoms with van der Waals surface area (Å²) in [6, 6.07) is 5.73. The highest BCUT2D eigenvalue weighted by molar-refractivity contribution is 5.95. The molecule has 2 rings (SSSR count). The van der Waals surface area contributed by atoms with Crippen LogP contribution >= 0.6 is 12.4 Å². The third-order valence-corrected chi connectivity index (χ3v) is 4.20. The maximum Gasteiger partial charge on any atom is 0.253 e. The molecule has 136 valence electrons. The minimum absolute atomic E-state index is 0. The van der Waals surface area contributed by atoms with E-state index in [0.29, 0.717) is 36.3 Å². The second-order valence-electron chi connectivity index (χ2n) is 5.78. The Kier molecular flexibility index (Phi) is 8.93. The van der Waals surface area contributed by atoms with Crippen LogP contribution in [0.5, 0.6) is 11.5 Å². The Morgan fingerprint density at radius 1 is 1.17 bits per heavy atom. The van der Waals surface area contributed by atoms with Gasteiger partial charge >= 0.3 is 0 Å². The van der Waals surface area contributed by atoms with Crippen molar-refractivity contribution >= 4 is 18.3 Å². The van der Waals surface area contributed by atoms with Gasteiger partial charge in [0.05, 0.1) is 13.2 Å². The Morgan fingerprint density at radius 2 is 1.88 bits per heavy atom. The average molecular weight is 357 g/mol. The first-order valence-corrected chi connectivity index (χ1v) is 8.54. The first-order chi connectivity index (χ1) is 11.2. The summed E-state index contributed by atoms with van der Waals surface area (Å²) >= 11 is 0. The molecule has 6 heteroatoms. The predicted molar refractivity (Wildman–Crippen MR) is 98.6 cm³/mol. The summed E-state index contributed by atoms with van der Waals surface area (Å²) in [6.07, 6.45) is 3.15. The summed E-state index contributed by atoms with van der Waals surface area (Å²) in [4.78, 5) is 14.7. The standard InChI is InChI=1S/C18H28N2O3.ClH/c1-4-22-16-9-8-14(13-17(16)23-5-2)18(21)20(3)15-7-6-11-19-12-10-15;/h8-9,13,15,19H,4-7,10-12H2,1-3H3;1H. The highest BCUT2D eigenvalue weighted by Crippen LogP contribution is 2.29. The van der Waals surface area contributed by atoms with Gasteiger partial charge in [0.25, 0.3) is 5.91 Å². The van der Waals surface area contributed by atoms with Crippen LogP contribution in [0.3, 0.4) is 0 Å². The minimum atomic E-state index is 0. The fourth-order valence-corrected chi connectivity index (χ4v) is 2.94. The highest BCUT2D eigenvalue weighted by atomic mass is 35.5. The second kappa shape index (κ2) is 10.4. The average Bonchev–Trinajstić information content (AvgIpc) is 2.85. The van der Waals surface area contributed by atoms with Crippen molar-refractivity contribution in [2.45, 2.75) is 39.2 Å². The number of nitrogens with one attached hydrogen (secondary N) is 1. The number of halogens is 1. The lowest BCUT2D eigenvalue weighted by molar-refractivity contribution is 0.0720. The molecule has 24 heavy (non-hydrogen) atoms. The fourth-order valence-electron chi connectivity index (χ4n) is 2.94. The van der Waals surface area contributed by atoms with E-state index < -0.39 is 0 Å². The van der Waals surface area contributed by atoms with Crippen molar-refractivity contribution in [2.24, 2.45) is 0 Å². The quantitative estimate of drug-likeness (QED) is 0.850. The number of carbonyl (C=O) groups is 1. The van der Waals surface area contributed by atoms with Gasteiger partial charge in [-0.15, -0.1) is 12.4 Å². The van der Waals surface area contributed by atoms with Crippen LogP contribution in [0, 0.1) is 0 Å². The molecule has 1 saturated heterocycles. The molecule has 1 fully saturated rings. The van der Waals surface area contributed by atoms with E-state index in [1.54, 1.807) is 6.07 Å². The molecule has 0 bridgehead atoms. The van der Waals surface area contributed by atoms with Crippen molar-refractivity contribution in [3.05, 3.63) is 23.8 Å². The largest absolute Gasteiger partial charge is 0.490 e. The molecule has 5 nitrogen and oxygen atoms in total. The SMILES string of the molecule is CCOc1ccc(C(=O)N(C)C2CCCNCC2)cc1OCC.Cl. The summed E-state index contributed by atoms with van der Waals surface area (Å²) in [7, 11) is 1.90. The number of rotatable bonds is 6. The molecule has 0 radical (unpaired) electrons. The van der Waals surface area contributed by atoms with Crippen LogP contribution < -0.4 is 14.8 Å². The van der Waals surface area contributed by atoms with E-state index in [4.69, 9.17) is 9.47 Å². The van der Waals surface area contributed by atoms with E-state index in [2.05, 4.69) is 5.32 Å². The van der Waals surface area contributed by atoms with Crippen LogP contribution in [0.1, 0.15) is 43.5 Å². The number of nitrogens with zero attached hydrogens (tertiary/aromatic N) is 1. The number of benzene rings is 1. The smallest absolute Gasteiger partial charge is 0.253 e. The van der Waals surface area contributed by atoms with Gasteiger partial charge in [-0.05, 0) is 64.4 Å². The first-order valence-electron chi connectivity index (χ1n) is 8.54. The molecule has 1 atom stereocenters. The van der Waals surface area contributed by atoms with Crippen molar-refractivity contribution in [1.82, 2.24) is 10.2 Å². The topological polar surface area (TPSA) is 50.8 Å². The van der Waals surface area contributed by atoms with Crippen LogP contribution in [0.25, 0.3) is 0 Å². The third kappa shape index (κ3) is 5.28. The van der Waals surface area contributed by atoms with E-state index in [9.17, 15) is 4.79 Å². The molecule has 1 N–H and O–H groups in total. The summed E-state index contributed by atoms with van der Waals surface area (Å²) in [5, 5.41) is 3.38. The fraction of sp³-hybridized carbons (Fsp3) is 0.611. The van der Waals surface area contributed by atoms with E-state index in [1.165, 1.54) is 0 Å². The summed E-state index contributed by atoms with van der Waals surface area (Å²) < 4.78 is 11.2. The maximum absolute atomic E-state index is 12.8. The van der Waals surface area contributed by atoms with Gasteiger partial charge < -0.3 is 19.7 Å². The molecule has 1 aliphatic rings. The van der Waals surface area contributed by atoms with Crippen molar-refractivity contribution in [3.8, 4) is 11.5 Å². The molecule has 1 unspecified atom stereocenters. The van der Waals surface area contributed by atoms with Gasteiger partial charge in [-0.25, -0.2) is 0 Å². The van der Waals surface area contributed by atoms with Gasteiger partial charge in [0, 0.05) is 18.7 Å². The molecular formula is C18H29ClN2O3. The van der Waals surface area contributed by atoms with Gasteiger partial charge in [-0.2, -0.15) is 0 Å². The Hall–Kier alpha value is -1.46. The van der Waals surface area contributed by atoms with Crippen molar-refractivity contribution in [3.63, 3.8) is 0 Å². The summed E-state index contributed by atoms with van der Waals surface area (Å²) in [5.41, 5.74) is 0.650. The van der Waals surface area contributed by atoms with E-state index in [-0.39, 0.29) is 18.3 Å². The number of hydrogen-bond donors (Lipinski definition) is 1. The lowest BCUT2D eigenvalue weighted by Crippen LogP contribution is -2.37. The van der Waals surface area contributed by atoms with Gasteiger partial charge in [0.1, 0.15) is 0 Å². The monoisotopic (exact) mass is 356 g/mol. The maximum atomic E-state index is 12.8. The van der Waals surface area contributed by atoms with Crippen LogP contribution in [0.4, 0.5) is 0 Å². The normalized spacial score (nSPS) is 17.4. The summed E-state index contributed by atoms with van der Waals surface area (Å²) in [6.45, 7) is 6.98. The number of hydrogen-bond acceptors (Lipinski definition) is 4. The molecule has 0 aliphatic carbocycles. The minimum Gasteiger partial charge on any atom is -0.490 e. The molecule has 0 spiro atoms. The van der Waals surface area contributed by atoms with Gasteiger partial charge in [-0.3, -0.25) is 4.79 Å². The Balaban J connectivity index is 0.00000288. The van der Waals surface area contributed by atoms with Crippen LogP contribution in [-0.4, -0.2) is 50.2 Å². The van der Waals surface area contributed by atoms with Crippen molar-refractivity contribution in [2.75, 3.05) is 33.4 Å². The first kappa shape index (κ1) is 20.6. The highest BCUT2D eigenvalue weighted by Gasteiger charge is 2.23. The zero-order valence-corrected chi connectivity index (χ0v) is 15.7. The molecule has 1 aromatic rings. The Labute approximate surface area is 151 Å². The number of amides is 1. The van der Waals surface area contributed by atoms with Gasteiger partial charge in [0.2, 0.25) is 0 Å². The van der Waals surface area contributed by atoms with E-state index in [0.717, 1.165) is 32.4 Å². The van der Waals surface area contributed by atoms with Crippen LogP contribution in [-0.2, 0) is 0 Å². The van der Waals surface area contributed by atoms with Gasteiger partial charge in [-0.1, -0.05) is 0 Å². The summed E-state index contributed by atoms with van der Waals surface area (Å²) in [5.74, 6) is 1.37.